The molecule has 3 rings (SSSR count). The van der Waals surface area contributed by atoms with Crippen LogP contribution < -0.4 is 15.5 Å². The van der Waals surface area contributed by atoms with E-state index in [9.17, 15) is 14.4 Å². The summed E-state index contributed by atoms with van der Waals surface area (Å²) in [5, 5.41) is 6.94. The van der Waals surface area contributed by atoms with Crippen molar-refractivity contribution >= 4 is 68.8 Å². The number of benzene rings is 3. The van der Waals surface area contributed by atoms with Crippen molar-refractivity contribution in [3.63, 3.8) is 0 Å². The van der Waals surface area contributed by atoms with E-state index in [1.54, 1.807) is 60.7 Å². The van der Waals surface area contributed by atoms with Gasteiger partial charge >= 0.3 is 17.8 Å². The van der Waals surface area contributed by atoms with E-state index >= 15 is 0 Å². The summed E-state index contributed by atoms with van der Waals surface area (Å²) in [6.07, 6.45) is 1.24. The van der Waals surface area contributed by atoms with Gasteiger partial charge in [-0.2, -0.15) is 5.10 Å². The number of carbonyl (C=O) groups is 3. The van der Waals surface area contributed by atoms with Gasteiger partial charge in [0, 0.05) is 20.7 Å². The molecule has 0 aliphatic rings. The largest absolute Gasteiger partial charge is 0.422 e. The zero-order valence-electron chi connectivity index (χ0n) is 16.1. The Kier molecular flexibility index (Phi) is 7.99. The molecule has 7 nitrogen and oxygen atoms in total. The van der Waals surface area contributed by atoms with Gasteiger partial charge in [0.1, 0.15) is 5.75 Å². The Hall–Kier alpha value is -3.20. The van der Waals surface area contributed by atoms with Crippen LogP contribution in [0.5, 0.6) is 5.75 Å². The zero-order chi connectivity index (χ0) is 23.1. The average molecular weight is 535 g/mol. The van der Waals surface area contributed by atoms with Crippen LogP contribution in [0.4, 0.5) is 5.69 Å². The van der Waals surface area contributed by atoms with E-state index in [2.05, 4.69) is 31.8 Å². The molecule has 0 aliphatic heterocycles. The lowest BCUT2D eigenvalue weighted by molar-refractivity contribution is -0.136. The van der Waals surface area contributed by atoms with Gasteiger partial charge in [0.25, 0.3) is 0 Å². The molecular formula is C22H14BrCl2N3O4. The molecule has 0 atom stereocenters. The Balaban J connectivity index is 1.67. The van der Waals surface area contributed by atoms with Gasteiger partial charge in [-0.1, -0.05) is 51.3 Å². The molecule has 0 aliphatic carbocycles. The predicted molar refractivity (Wildman–Crippen MR) is 126 cm³/mol. The lowest BCUT2D eigenvalue weighted by Gasteiger charge is -2.09. The summed E-state index contributed by atoms with van der Waals surface area (Å²) in [5.74, 6) is -2.37. The molecule has 0 bridgehead atoms. The number of ether oxygens (including phenoxy) is 1. The number of hydrogen-bond acceptors (Lipinski definition) is 5. The summed E-state index contributed by atoms with van der Waals surface area (Å²) < 4.78 is 6.11. The number of halogens is 3. The highest BCUT2D eigenvalue weighted by atomic mass is 79.9. The van der Waals surface area contributed by atoms with Crippen molar-refractivity contribution in [2.24, 2.45) is 5.10 Å². The quantitative estimate of drug-likeness (QED) is 0.157. The van der Waals surface area contributed by atoms with E-state index in [1.807, 2.05) is 0 Å². The Morgan fingerprint density at radius 1 is 0.938 bits per heavy atom. The maximum atomic E-state index is 12.4. The normalized spacial score (nSPS) is 10.6. The summed E-state index contributed by atoms with van der Waals surface area (Å²) in [4.78, 5) is 36.4. The minimum Gasteiger partial charge on any atom is -0.422 e. The smallest absolute Gasteiger partial charge is 0.345 e. The van der Waals surface area contributed by atoms with Gasteiger partial charge in [0.15, 0.2) is 0 Å². The maximum absolute atomic E-state index is 12.4. The molecule has 3 aromatic carbocycles. The van der Waals surface area contributed by atoms with Crippen LogP contribution >= 0.6 is 39.1 Å². The Labute approximate surface area is 201 Å². The second-order valence-electron chi connectivity index (χ2n) is 6.21. The van der Waals surface area contributed by atoms with Crippen molar-refractivity contribution in [1.29, 1.82) is 0 Å². The highest BCUT2D eigenvalue weighted by Gasteiger charge is 2.15. The summed E-state index contributed by atoms with van der Waals surface area (Å²) in [7, 11) is 0. The number of carbonyl (C=O) groups excluding carboxylic acids is 3. The summed E-state index contributed by atoms with van der Waals surface area (Å²) in [5.41, 5.74) is 3.10. The molecule has 32 heavy (non-hydrogen) atoms. The Bertz CT molecular complexity index is 1200. The number of nitrogens with zero attached hydrogens (tertiary/aromatic N) is 1. The molecule has 3 aromatic rings. The first-order valence-corrected chi connectivity index (χ1v) is 10.5. The number of hydrazone groups is 1. The number of nitrogens with one attached hydrogen (secondary N) is 2. The molecule has 0 fully saturated rings. The van der Waals surface area contributed by atoms with Crippen LogP contribution in [0.2, 0.25) is 10.0 Å². The van der Waals surface area contributed by atoms with E-state index in [4.69, 9.17) is 27.9 Å². The van der Waals surface area contributed by atoms with Crippen LogP contribution in [0, 0.1) is 0 Å². The standard InChI is InChI=1S/C22H14BrCl2N3O4/c23-14-5-10-19(32-22(31)17-3-1-2-4-18(17)25)13(11-14)12-26-28-21(30)20(29)27-16-8-6-15(24)7-9-16/h1-12H,(H,27,29)(H,28,30)/b26-12+. The van der Waals surface area contributed by atoms with Gasteiger partial charge in [-0.3, -0.25) is 9.59 Å². The van der Waals surface area contributed by atoms with Crippen molar-refractivity contribution in [3.8, 4) is 5.75 Å². The fraction of sp³-hybridized carbons (Fsp3) is 0. The third kappa shape index (κ3) is 6.40. The van der Waals surface area contributed by atoms with Crippen LogP contribution in [0.1, 0.15) is 15.9 Å². The molecule has 0 radical (unpaired) electrons. The molecule has 0 aromatic heterocycles. The lowest BCUT2D eigenvalue weighted by Crippen LogP contribution is -2.32. The third-order valence-corrected chi connectivity index (χ3v) is 5.02. The first-order chi connectivity index (χ1) is 15.3. The molecule has 0 saturated carbocycles. The van der Waals surface area contributed by atoms with E-state index in [0.717, 1.165) is 0 Å². The molecule has 2 N–H and O–H groups in total. The van der Waals surface area contributed by atoms with E-state index in [1.165, 1.54) is 12.3 Å². The van der Waals surface area contributed by atoms with Crippen LogP contribution in [0.3, 0.4) is 0 Å². The number of amides is 2. The van der Waals surface area contributed by atoms with Crippen LogP contribution in [0.15, 0.2) is 76.3 Å². The van der Waals surface area contributed by atoms with E-state index < -0.39 is 17.8 Å². The van der Waals surface area contributed by atoms with Crippen LogP contribution in [0.25, 0.3) is 0 Å². The minimum atomic E-state index is -0.985. The highest BCUT2D eigenvalue weighted by Crippen LogP contribution is 2.24. The Morgan fingerprint density at radius 3 is 2.38 bits per heavy atom. The Morgan fingerprint density at radius 2 is 1.66 bits per heavy atom. The fourth-order valence-electron chi connectivity index (χ4n) is 2.43. The second kappa shape index (κ2) is 10.9. The number of hydrogen-bond donors (Lipinski definition) is 2. The van der Waals surface area contributed by atoms with Gasteiger partial charge < -0.3 is 10.1 Å². The molecule has 0 heterocycles. The molecule has 0 unspecified atom stereocenters. The third-order valence-electron chi connectivity index (χ3n) is 3.95. The van der Waals surface area contributed by atoms with Gasteiger partial charge in [-0.25, -0.2) is 10.2 Å². The molecular weight excluding hydrogens is 521 g/mol. The monoisotopic (exact) mass is 533 g/mol. The zero-order valence-corrected chi connectivity index (χ0v) is 19.2. The SMILES string of the molecule is O=C(N/N=C/c1cc(Br)ccc1OC(=O)c1ccccc1Cl)C(=O)Nc1ccc(Cl)cc1. The van der Waals surface area contributed by atoms with Crippen LogP contribution in [-0.4, -0.2) is 24.0 Å². The van der Waals surface area contributed by atoms with Crippen molar-refractivity contribution < 1.29 is 19.1 Å². The minimum absolute atomic E-state index is 0.182. The maximum Gasteiger partial charge on any atom is 0.345 e. The van der Waals surface area contributed by atoms with Crippen LogP contribution in [-0.2, 0) is 9.59 Å². The fourth-order valence-corrected chi connectivity index (χ4v) is 3.14. The lowest BCUT2D eigenvalue weighted by atomic mass is 10.2. The number of rotatable bonds is 5. The van der Waals surface area contributed by atoms with Gasteiger partial charge in [-0.05, 0) is 54.6 Å². The summed E-state index contributed by atoms with van der Waals surface area (Å²) in [6.45, 7) is 0. The molecule has 162 valence electrons. The first kappa shape index (κ1) is 23.5. The molecule has 0 saturated heterocycles. The topological polar surface area (TPSA) is 96.9 Å². The second-order valence-corrected chi connectivity index (χ2v) is 7.97. The van der Waals surface area contributed by atoms with Crippen molar-refractivity contribution in [3.05, 3.63) is 92.4 Å². The highest BCUT2D eigenvalue weighted by molar-refractivity contribution is 9.10. The molecule has 0 spiro atoms. The predicted octanol–water partition coefficient (Wildman–Crippen LogP) is 5.06. The van der Waals surface area contributed by atoms with Gasteiger partial charge in [0.2, 0.25) is 0 Å². The van der Waals surface area contributed by atoms with Crippen molar-refractivity contribution in [2.45, 2.75) is 0 Å². The van der Waals surface area contributed by atoms with Crippen molar-refractivity contribution in [1.82, 2.24) is 5.43 Å². The summed E-state index contributed by atoms with van der Waals surface area (Å²) >= 11 is 15.1. The average Bonchev–Trinajstić information content (AvgIpc) is 2.77. The number of esters is 1. The van der Waals surface area contributed by atoms with Gasteiger partial charge in [0.05, 0.1) is 16.8 Å². The number of anilines is 1. The van der Waals surface area contributed by atoms with Gasteiger partial charge in [-0.15, -0.1) is 0 Å². The molecule has 2 amide bonds. The summed E-state index contributed by atoms with van der Waals surface area (Å²) in [6, 6.07) is 17.6. The van der Waals surface area contributed by atoms with E-state index in [-0.39, 0.29) is 16.3 Å². The van der Waals surface area contributed by atoms with Crippen molar-refractivity contribution in [2.75, 3.05) is 5.32 Å². The molecule has 10 heteroatoms. The first-order valence-electron chi connectivity index (χ1n) is 8.99. The van der Waals surface area contributed by atoms with E-state index in [0.29, 0.717) is 20.7 Å².